The van der Waals surface area contributed by atoms with Gasteiger partial charge in [-0.05, 0) is 45.7 Å². The first-order valence-corrected chi connectivity index (χ1v) is 10.3. The van der Waals surface area contributed by atoms with Gasteiger partial charge in [0.05, 0.1) is 30.3 Å². The lowest BCUT2D eigenvalue weighted by atomic mass is 10.2. The lowest BCUT2D eigenvalue weighted by molar-refractivity contribution is 0.0591. The van der Waals surface area contributed by atoms with Gasteiger partial charge in [-0.3, -0.25) is 5.32 Å². The Bertz CT molecular complexity index is 880. The molecule has 2 heterocycles. The lowest BCUT2D eigenvalue weighted by Crippen LogP contribution is -2.27. The Hall–Kier alpha value is -2.59. The summed E-state index contributed by atoms with van der Waals surface area (Å²) < 4.78 is 14.3. The van der Waals surface area contributed by atoms with E-state index in [2.05, 4.69) is 14.8 Å². The smallest absolute Gasteiger partial charge is 0.412 e. The molecule has 2 rings (SSSR count). The van der Waals surface area contributed by atoms with Crippen LogP contribution in [-0.4, -0.2) is 37.9 Å². The van der Waals surface area contributed by atoms with Gasteiger partial charge in [0.1, 0.15) is 10.6 Å². The highest BCUT2D eigenvalue weighted by Gasteiger charge is 2.20. The van der Waals surface area contributed by atoms with E-state index >= 15 is 0 Å². The van der Waals surface area contributed by atoms with Gasteiger partial charge in [0, 0.05) is 10.8 Å². The van der Waals surface area contributed by atoms with Crippen molar-refractivity contribution >= 4 is 50.7 Å². The van der Waals surface area contributed by atoms with Gasteiger partial charge in [-0.15, -0.1) is 22.7 Å². The average molecular weight is 443 g/mol. The number of nitrogens with two attached hydrogens (primary N) is 1. The van der Waals surface area contributed by atoms with Gasteiger partial charge in [-0.2, -0.15) is 0 Å². The molecule has 0 aromatic carbocycles. The number of carbonyl (C=O) groups excluding carboxylic acids is 3. The van der Waals surface area contributed by atoms with Crippen LogP contribution in [0.2, 0.25) is 0 Å². The maximum Gasteiger partial charge on any atom is 0.412 e. The Morgan fingerprint density at radius 3 is 1.83 bits per heavy atom. The second-order valence-corrected chi connectivity index (χ2v) is 8.64. The van der Waals surface area contributed by atoms with Gasteiger partial charge < -0.3 is 19.9 Å². The molecule has 0 bridgehead atoms. The molecule has 29 heavy (non-hydrogen) atoms. The van der Waals surface area contributed by atoms with Crippen LogP contribution in [0.4, 0.5) is 14.8 Å². The largest absolute Gasteiger partial charge is 0.465 e. The zero-order valence-corrected chi connectivity index (χ0v) is 19.1. The first kappa shape index (κ1) is 24.4. The van der Waals surface area contributed by atoms with Crippen molar-refractivity contribution in [2.45, 2.75) is 40.2 Å². The van der Waals surface area contributed by atoms with Crippen LogP contribution in [0.1, 0.15) is 52.6 Å². The maximum absolute atomic E-state index is 11.6. The zero-order chi connectivity index (χ0) is 22.4. The van der Waals surface area contributed by atoms with Crippen LogP contribution in [0.25, 0.3) is 0 Å². The highest BCUT2D eigenvalue weighted by molar-refractivity contribution is 7.15. The minimum absolute atomic E-state index is 0.324. The number of carbonyl (C=O) groups is 3. The van der Waals surface area contributed by atoms with E-state index in [0.29, 0.717) is 26.7 Å². The quantitative estimate of drug-likeness (QED) is 0.526. The average Bonchev–Trinajstić information content (AvgIpc) is 3.16. The van der Waals surface area contributed by atoms with Gasteiger partial charge in [-0.25, -0.2) is 14.4 Å². The summed E-state index contributed by atoms with van der Waals surface area (Å²) in [6.45, 7) is 8.91. The van der Waals surface area contributed by atoms with E-state index in [1.54, 1.807) is 45.4 Å². The van der Waals surface area contributed by atoms with Crippen LogP contribution < -0.4 is 11.1 Å². The summed E-state index contributed by atoms with van der Waals surface area (Å²) >= 11 is 2.61. The molecule has 0 unspecified atom stereocenters. The van der Waals surface area contributed by atoms with E-state index in [0.717, 1.165) is 5.56 Å². The van der Waals surface area contributed by atoms with Gasteiger partial charge in [-0.1, -0.05) is 0 Å². The number of thiophene rings is 2. The van der Waals surface area contributed by atoms with Crippen molar-refractivity contribution in [2.75, 3.05) is 25.3 Å². The summed E-state index contributed by atoms with van der Waals surface area (Å²) in [5, 5.41) is 7.23. The predicted octanol–water partition coefficient (Wildman–Crippen LogP) is 4.62. The molecule has 2 aromatic heterocycles. The number of anilines is 2. The maximum atomic E-state index is 11.6. The molecule has 0 radical (unpaired) electrons. The molecule has 0 aliphatic rings. The number of hydrogen-bond acceptors (Lipinski definition) is 9. The van der Waals surface area contributed by atoms with Gasteiger partial charge >= 0.3 is 18.0 Å². The Balaban J connectivity index is 0.000000326. The van der Waals surface area contributed by atoms with Crippen molar-refractivity contribution in [2.24, 2.45) is 0 Å². The molecular formula is C19H26N2O6S2. The standard InChI is InChI=1S/C12H17NO4S.C7H9NO2S/c1-7-8(10(14)16-5)6-18-9(7)13-11(15)17-12(2,3)4;1-4-5(7(9)10-2)3-11-6(4)8/h6H,1-5H3,(H,13,15);3H,8H2,1-2H3. The third-order valence-corrected chi connectivity index (χ3v) is 5.45. The van der Waals surface area contributed by atoms with Crippen LogP contribution in [-0.2, 0) is 14.2 Å². The summed E-state index contributed by atoms with van der Waals surface area (Å²) in [6, 6.07) is 0. The second kappa shape index (κ2) is 10.3. The third-order valence-electron chi connectivity index (χ3n) is 3.54. The van der Waals surface area contributed by atoms with Crippen LogP contribution in [0.3, 0.4) is 0 Å². The fourth-order valence-electron chi connectivity index (χ4n) is 1.99. The number of nitrogens with one attached hydrogen (secondary N) is 1. The molecule has 0 aliphatic carbocycles. The Kier molecular flexibility index (Phi) is 8.65. The molecule has 0 saturated carbocycles. The van der Waals surface area contributed by atoms with Gasteiger partial charge in [0.25, 0.3) is 0 Å². The number of rotatable bonds is 3. The molecule has 0 saturated heterocycles. The highest BCUT2D eigenvalue weighted by Crippen LogP contribution is 2.28. The minimum Gasteiger partial charge on any atom is -0.465 e. The Labute approximate surface area is 178 Å². The number of nitrogen functional groups attached to an aromatic ring is 1. The summed E-state index contributed by atoms with van der Waals surface area (Å²) in [5.74, 6) is -0.739. The van der Waals surface area contributed by atoms with Crippen molar-refractivity contribution in [3.05, 3.63) is 33.0 Å². The van der Waals surface area contributed by atoms with E-state index < -0.39 is 17.7 Å². The molecule has 0 spiro atoms. The van der Waals surface area contributed by atoms with Gasteiger partial charge in [0.2, 0.25) is 0 Å². The van der Waals surface area contributed by atoms with E-state index in [1.807, 2.05) is 0 Å². The van der Waals surface area contributed by atoms with Gasteiger partial charge in [0.15, 0.2) is 0 Å². The monoisotopic (exact) mass is 442 g/mol. The van der Waals surface area contributed by atoms with E-state index in [-0.39, 0.29) is 5.97 Å². The second-order valence-electron chi connectivity index (χ2n) is 6.85. The van der Waals surface area contributed by atoms with Crippen LogP contribution in [0.15, 0.2) is 10.8 Å². The first-order valence-electron chi connectivity index (χ1n) is 8.49. The molecule has 0 fully saturated rings. The number of esters is 2. The molecule has 3 N–H and O–H groups in total. The fraction of sp³-hybridized carbons (Fsp3) is 0.421. The predicted molar refractivity (Wildman–Crippen MR) is 115 cm³/mol. The molecule has 10 heteroatoms. The van der Waals surface area contributed by atoms with Crippen molar-refractivity contribution in [3.63, 3.8) is 0 Å². The van der Waals surface area contributed by atoms with Crippen LogP contribution in [0, 0.1) is 13.8 Å². The molecule has 2 aromatic rings. The topological polar surface area (TPSA) is 117 Å². The van der Waals surface area contributed by atoms with Crippen molar-refractivity contribution in [3.8, 4) is 0 Å². The minimum atomic E-state index is -0.555. The van der Waals surface area contributed by atoms with Crippen molar-refractivity contribution < 1.29 is 28.6 Å². The molecule has 0 atom stereocenters. The normalized spacial score (nSPS) is 10.4. The lowest BCUT2D eigenvalue weighted by Gasteiger charge is -2.19. The van der Waals surface area contributed by atoms with Crippen molar-refractivity contribution in [1.82, 2.24) is 0 Å². The number of methoxy groups -OCH3 is 2. The summed E-state index contributed by atoms with van der Waals surface area (Å²) in [6.07, 6.45) is -0.538. The van der Waals surface area contributed by atoms with Crippen molar-refractivity contribution in [1.29, 1.82) is 0 Å². The molecule has 1 amide bonds. The summed E-state index contributed by atoms with van der Waals surface area (Å²) in [7, 11) is 2.68. The Morgan fingerprint density at radius 1 is 0.931 bits per heavy atom. The van der Waals surface area contributed by atoms with Crippen LogP contribution >= 0.6 is 22.7 Å². The highest BCUT2D eigenvalue weighted by atomic mass is 32.1. The van der Waals surface area contributed by atoms with E-state index in [1.165, 1.54) is 36.9 Å². The van der Waals surface area contributed by atoms with E-state index in [4.69, 9.17) is 10.5 Å². The number of ether oxygens (including phenoxy) is 3. The number of hydrogen-bond donors (Lipinski definition) is 2. The van der Waals surface area contributed by atoms with Crippen LogP contribution in [0.5, 0.6) is 0 Å². The fourth-order valence-corrected chi connectivity index (χ4v) is 3.73. The first-order chi connectivity index (χ1) is 13.4. The number of amides is 1. The molecule has 8 nitrogen and oxygen atoms in total. The molecule has 0 aliphatic heterocycles. The zero-order valence-electron chi connectivity index (χ0n) is 17.5. The summed E-state index contributed by atoms with van der Waals surface area (Å²) in [5.41, 5.74) is 7.49. The molecule has 160 valence electrons. The third kappa shape index (κ3) is 7.06. The molecular weight excluding hydrogens is 416 g/mol. The summed E-state index contributed by atoms with van der Waals surface area (Å²) in [4.78, 5) is 34.0. The van der Waals surface area contributed by atoms with E-state index in [9.17, 15) is 14.4 Å². The Morgan fingerprint density at radius 2 is 1.41 bits per heavy atom. The SMILES string of the molecule is COC(=O)c1csc(N)c1C.COC(=O)c1csc(NC(=O)OC(C)(C)C)c1C.